The van der Waals surface area contributed by atoms with Gasteiger partial charge in [0.25, 0.3) is 0 Å². The van der Waals surface area contributed by atoms with Gasteiger partial charge in [0.2, 0.25) is 11.6 Å². The number of nitrogens with zero attached hydrogens (tertiary/aromatic N) is 3. The van der Waals surface area contributed by atoms with Crippen LogP contribution in [-0.4, -0.2) is 21.4 Å². The topological polar surface area (TPSA) is 93.0 Å². The normalized spacial score (nSPS) is 10.3. The maximum Gasteiger partial charge on any atom is 0.353 e. The smallest absolute Gasteiger partial charge is 0.353 e. The molecule has 2 rings (SSSR count). The molecule has 0 aliphatic carbocycles. The van der Waals surface area contributed by atoms with Gasteiger partial charge >= 0.3 is 5.69 Å². The fraction of sp³-hybridized carbons (Fsp3) is 0.231. The Kier molecular flexibility index (Phi) is 5.35. The van der Waals surface area contributed by atoms with Crippen molar-refractivity contribution in [1.29, 1.82) is 0 Å². The van der Waals surface area contributed by atoms with Gasteiger partial charge in [0.15, 0.2) is 0 Å². The van der Waals surface area contributed by atoms with E-state index in [2.05, 4.69) is 20.6 Å². The molecule has 9 heteroatoms. The Hall–Kier alpha value is -2.12. The number of nitro groups is 1. The zero-order valence-corrected chi connectivity index (χ0v) is 13.1. The monoisotopic (exact) mass is 341 g/mol. The Bertz CT molecular complexity index is 696. The van der Waals surface area contributed by atoms with Gasteiger partial charge < -0.3 is 10.6 Å². The molecule has 22 heavy (non-hydrogen) atoms. The van der Waals surface area contributed by atoms with Gasteiger partial charge in [0.05, 0.1) is 20.7 Å². The minimum atomic E-state index is -0.543. The molecule has 7 nitrogen and oxygen atoms in total. The van der Waals surface area contributed by atoms with Crippen molar-refractivity contribution in [2.75, 3.05) is 17.2 Å². The molecule has 2 aromatic rings. The summed E-state index contributed by atoms with van der Waals surface area (Å²) in [4.78, 5) is 18.6. The number of nitrogens with one attached hydrogen (secondary N) is 2. The van der Waals surface area contributed by atoms with E-state index in [-0.39, 0.29) is 22.3 Å². The van der Waals surface area contributed by atoms with Crippen LogP contribution in [0.1, 0.15) is 13.3 Å². The van der Waals surface area contributed by atoms with Crippen LogP contribution in [0.15, 0.2) is 24.5 Å². The van der Waals surface area contributed by atoms with E-state index in [4.69, 9.17) is 23.2 Å². The molecule has 0 saturated carbocycles. The maximum atomic E-state index is 11.3. The van der Waals surface area contributed by atoms with Gasteiger partial charge in [-0.05, 0) is 18.6 Å². The molecule has 0 spiro atoms. The van der Waals surface area contributed by atoms with E-state index in [9.17, 15) is 10.1 Å². The molecule has 1 heterocycles. The number of halogens is 2. The molecular weight excluding hydrogens is 329 g/mol. The van der Waals surface area contributed by atoms with Crippen LogP contribution < -0.4 is 10.6 Å². The molecule has 0 amide bonds. The summed E-state index contributed by atoms with van der Waals surface area (Å²) in [6, 6.07) is 4.96. The van der Waals surface area contributed by atoms with Crippen molar-refractivity contribution in [2.45, 2.75) is 13.3 Å². The van der Waals surface area contributed by atoms with Gasteiger partial charge in [-0.3, -0.25) is 10.1 Å². The molecule has 1 aromatic carbocycles. The molecular formula is C13H13Cl2N5O2. The Labute approximate surface area is 136 Å². The average molecular weight is 342 g/mol. The zero-order valence-electron chi connectivity index (χ0n) is 11.6. The maximum absolute atomic E-state index is 11.3. The molecule has 116 valence electrons. The van der Waals surface area contributed by atoms with Gasteiger partial charge in [0, 0.05) is 6.54 Å². The van der Waals surface area contributed by atoms with Crippen LogP contribution in [0.3, 0.4) is 0 Å². The van der Waals surface area contributed by atoms with E-state index >= 15 is 0 Å². The van der Waals surface area contributed by atoms with Crippen molar-refractivity contribution in [2.24, 2.45) is 0 Å². The Morgan fingerprint density at radius 3 is 2.68 bits per heavy atom. The van der Waals surface area contributed by atoms with E-state index in [1.165, 1.54) is 6.33 Å². The highest BCUT2D eigenvalue weighted by Crippen LogP contribution is 2.35. The second kappa shape index (κ2) is 7.24. The summed E-state index contributed by atoms with van der Waals surface area (Å²) in [7, 11) is 0. The summed E-state index contributed by atoms with van der Waals surface area (Å²) in [6.45, 7) is 2.51. The third-order valence-corrected chi connectivity index (χ3v) is 3.57. The Morgan fingerprint density at radius 1 is 1.27 bits per heavy atom. The van der Waals surface area contributed by atoms with Crippen molar-refractivity contribution >= 4 is 46.2 Å². The number of aromatic nitrogens is 2. The second-order valence-corrected chi connectivity index (χ2v) is 5.11. The molecule has 0 aliphatic heterocycles. The third-order valence-electron chi connectivity index (χ3n) is 2.75. The highest BCUT2D eigenvalue weighted by atomic mass is 35.5. The highest BCUT2D eigenvalue weighted by Gasteiger charge is 2.23. The van der Waals surface area contributed by atoms with Gasteiger partial charge in [-0.1, -0.05) is 36.2 Å². The average Bonchev–Trinajstić information content (AvgIpc) is 2.49. The predicted octanol–water partition coefficient (Wildman–Crippen LogP) is 4.26. The van der Waals surface area contributed by atoms with E-state index in [0.717, 1.165) is 6.42 Å². The fourth-order valence-electron chi connectivity index (χ4n) is 1.74. The first-order chi connectivity index (χ1) is 10.5. The first kappa shape index (κ1) is 16.3. The molecule has 0 radical (unpaired) electrons. The lowest BCUT2D eigenvalue weighted by Gasteiger charge is -2.11. The molecule has 0 fully saturated rings. The third kappa shape index (κ3) is 3.55. The number of benzene rings is 1. The number of anilines is 3. The molecule has 1 aromatic heterocycles. The van der Waals surface area contributed by atoms with Gasteiger partial charge in [0.1, 0.15) is 6.33 Å². The standard InChI is InChI=1S/C13H13Cl2N5O2/c1-2-6-16-12-11(20(21)22)13(18-7-17-12)19-9-5-3-4-8(14)10(9)15/h3-5,7H,2,6H2,1H3,(H2,16,17,18,19). The molecule has 0 bridgehead atoms. The molecule has 2 N–H and O–H groups in total. The van der Waals surface area contributed by atoms with Crippen molar-refractivity contribution < 1.29 is 4.92 Å². The molecule has 0 saturated heterocycles. The van der Waals surface area contributed by atoms with E-state index in [0.29, 0.717) is 17.3 Å². The lowest BCUT2D eigenvalue weighted by atomic mass is 10.3. The number of hydrogen-bond acceptors (Lipinski definition) is 6. The van der Waals surface area contributed by atoms with Crippen molar-refractivity contribution in [3.05, 3.63) is 44.7 Å². The van der Waals surface area contributed by atoms with Crippen LogP contribution >= 0.6 is 23.2 Å². The largest absolute Gasteiger partial charge is 0.364 e. The summed E-state index contributed by atoms with van der Waals surface area (Å²) in [6.07, 6.45) is 2.05. The van der Waals surface area contributed by atoms with Crippen molar-refractivity contribution in [1.82, 2.24) is 9.97 Å². The summed E-state index contributed by atoms with van der Waals surface area (Å²) in [5.74, 6) is 0.199. The Morgan fingerprint density at radius 2 is 2.00 bits per heavy atom. The molecule has 0 atom stereocenters. The minimum Gasteiger partial charge on any atom is -0.364 e. The number of hydrogen-bond donors (Lipinski definition) is 2. The van der Waals surface area contributed by atoms with Crippen LogP contribution in [0.25, 0.3) is 0 Å². The summed E-state index contributed by atoms with van der Waals surface area (Å²) in [5, 5.41) is 17.7. The van der Waals surface area contributed by atoms with Crippen LogP contribution in [0, 0.1) is 10.1 Å². The second-order valence-electron chi connectivity index (χ2n) is 4.33. The van der Waals surface area contributed by atoms with Crippen LogP contribution in [0.4, 0.5) is 23.0 Å². The Balaban J connectivity index is 2.42. The van der Waals surface area contributed by atoms with E-state index in [1.807, 2.05) is 6.92 Å². The van der Waals surface area contributed by atoms with Crippen LogP contribution in [0.5, 0.6) is 0 Å². The first-order valence-corrected chi connectivity index (χ1v) is 7.24. The predicted molar refractivity (Wildman–Crippen MR) is 87.2 cm³/mol. The minimum absolute atomic E-state index is 0.0442. The number of rotatable bonds is 6. The van der Waals surface area contributed by atoms with Gasteiger partial charge in [-0.15, -0.1) is 0 Å². The van der Waals surface area contributed by atoms with Crippen LogP contribution in [0.2, 0.25) is 10.0 Å². The molecule has 0 unspecified atom stereocenters. The first-order valence-electron chi connectivity index (χ1n) is 6.49. The zero-order chi connectivity index (χ0) is 16.1. The van der Waals surface area contributed by atoms with E-state index in [1.54, 1.807) is 18.2 Å². The van der Waals surface area contributed by atoms with Gasteiger partial charge in [-0.25, -0.2) is 9.97 Å². The molecule has 0 aliphatic rings. The van der Waals surface area contributed by atoms with E-state index < -0.39 is 4.92 Å². The fourth-order valence-corrected chi connectivity index (χ4v) is 2.09. The lowest BCUT2D eigenvalue weighted by Crippen LogP contribution is -2.08. The summed E-state index contributed by atoms with van der Waals surface area (Å²) in [5.41, 5.74) is 0.185. The van der Waals surface area contributed by atoms with Crippen molar-refractivity contribution in [3.8, 4) is 0 Å². The lowest BCUT2D eigenvalue weighted by molar-refractivity contribution is -0.383. The SMILES string of the molecule is CCCNc1ncnc(Nc2cccc(Cl)c2Cl)c1[N+](=O)[O-]. The summed E-state index contributed by atoms with van der Waals surface area (Å²) < 4.78 is 0. The van der Waals surface area contributed by atoms with Crippen molar-refractivity contribution in [3.63, 3.8) is 0 Å². The highest BCUT2D eigenvalue weighted by molar-refractivity contribution is 6.43. The van der Waals surface area contributed by atoms with Crippen LogP contribution in [-0.2, 0) is 0 Å². The summed E-state index contributed by atoms with van der Waals surface area (Å²) >= 11 is 12.0. The quantitative estimate of drug-likeness (QED) is 0.602. The van der Waals surface area contributed by atoms with Gasteiger partial charge in [-0.2, -0.15) is 0 Å².